The monoisotopic (exact) mass is 553 g/mol. The van der Waals surface area contributed by atoms with Crippen LogP contribution in [0.4, 0.5) is 0 Å². The number of carbonyl (C=O) groups is 2. The van der Waals surface area contributed by atoms with Crippen molar-refractivity contribution in [1.82, 2.24) is 14.8 Å². The number of hydrogen-bond donors (Lipinski definition) is 1. The number of amides is 2. The third-order valence-electron chi connectivity index (χ3n) is 7.43. The maximum atomic E-state index is 14.0. The highest BCUT2D eigenvalue weighted by atomic mass is 16.5. The van der Waals surface area contributed by atoms with Gasteiger partial charge in [0, 0.05) is 47.9 Å². The number of fused-ring (bicyclic) bond motifs is 1. The molecule has 0 saturated heterocycles. The van der Waals surface area contributed by atoms with E-state index in [2.05, 4.69) is 51.7 Å². The number of ether oxygens (including phenoxy) is 1. The Morgan fingerprint density at radius 2 is 1.56 bits per heavy atom. The summed E-state index contributed by atoms with van der Waals surface area (Å²) in [5.41, 5.74) is 4.94. The molecule has 4 rings (SSSR count). The molecule has 2 amide bonds. The molecule has 0 fully saturated rings. The molecule has 6 nitrogen and oxygen atoms in total. The van der Waals surface area contributed by atoms with Crippen molar-refractivity contribution >= 4 is 22.7 Å². The molecule has 0 aliphatic rings. The Balaban J connectivity index is 1.58. The Morgan fingerprint density at radius 1 is 0.878 bits per heavy atom. The maximum absolute atomic E-state index is 14.0. The topological polar surface area (TPSA) is 65.6 Å². The fraction of sp³-hybridized carbons (Fsp3) is 0.371. The molecule has 0 unspecified atom stereocenters. The first-order valence-electron chi connectivity index (χ1n) is 14.4. The van der Waals surface area contributed by atoms with Gasteiger partial charge >= 0.3 is 0 Å². The number of methoxy groups -OCH3 is 1. The van der Waals surface area contributed by atoms with Crippen LogP contribution >= 0.6 is 0 Å². The number of nitrogens with one attached hydrogen (secondary N) is 1. The molecule has 1 aromatic heterocycles. The normalized spacial score (nSPS) is 11.6. The number of hydrogen-bond acceptors (Lipinski definition) is 3. The summed E-state index contributed by atoms with van der Waals surface area (Å²) in [5, 5.41) is 1.16. The summed E-state index contributed by atoms with van der Waals surface area (Å²) in [7, 11) is 1.64. The van der Waals surface area contributed by atoms with Gasteiger partial charge < -0.3 is 19.5 Å². The van der Waals surface area contributed by atoms with Crippen LogP contribution in [0.25, 0.3) is 10.9 Å². The molecule has 0 aliphatic heterocycles. The van der Waals surface area contributed by atoms with Crippen LogP contribution in [0.5, 0.6) is 5.75 Å². The number of benzene rings is 3. The Hall–Kier alpha value is -4.06. The van der Waals surface area contributed by atoms with Gasteiger partial charge in [0.25, 0.3) is 5.91 Å². The average Bonchev–Trinajstić information content (AvgIpc) is 3.37. The van der Waals surface area contributed by atoms with Gasteiger partial charge in [-0.1, -0.05) is 83.1 Å². The lowest BCUT2D eigenvalue weighted by Gasteiger charge is -2.29. The van der Waals surface area contributed by atoms with Crippen molar-refractivity contribution in [3.8, 4) is 5.75 Å². The van der Waals surface area contributed by atoms with Crippen LogP contribution in [-0.2, 0) is 23.2 Å². The van der Waals surface area contributed by atoms with E-state index in [1.165, 1.54) is 5.56 Å². The second-order valence-electron chi connectivity index (χ2n) is 12.1. The van der Waals surface area contributed by atoms with E-state index in [0.29, 0.717) is 31.6 Å². The van der Waals surface area contributed by atoms with Gasteiger partial charge in [0.15, 0.2) is 0 Å². The summed E-state index contributed by atoms with van der Waals surface area (Å²) in [4.78, 5) is 34.5. The molecule has 41 heavy (non-hydrogen) atoms. The highest BCUT2D eigenvalue weighted by molar-refractivity contribution is 5.96. The Labute approximate surface area is 244 Å². The van der Waals surface area contributed by atoms with E-state index in [0.717, 1.165) is 27.8 Å². The number of aromatic nitrogens is 1. The summed E-state index contributed by atoms with van der Waals surface area (Å²) in [6.45, 7) is 12.0. The van der Waals surface area contributed by atoms with Gasteiger partial charge in [-0.05, 0) is 53.1 Å². The van der Waals surface area contributed by atoms with Gasteiger partial charge in [-0.25, -0.2) is 0 Å². The quantitative estimate of drug-likeness (QED) is 0.221. The van der Waals surface area contributed by atoms with E-state index in [1.807, 2.05) is 71.8 Å². The molecule has 0 saturated carbocycles. The number of H-pyrrole nitrogens is 1. The van der Waals surface area contributed by atoms with Crippen LogP contribution in [0.1, 0.15) is 61.7 Å². The highest BCUT2D eigenvalue weighted by Crippen LogP contribution is 2.24. The van der Waals surface area contributed by atoms with Crippen molar-refractivity contribution in [2.24, 2.45) is 5.92 Å². The minimum absolute atomic E-state index is 0.00104. The molecule has 0 radical (unpaired) electrons. The van der Waals surface area contributed by atoms with Gasteiger partial charge in [-0.2, -0.15) is 0 Å². The van der Waals surface area contributed by atoms with Crippen molar-refractivity contribution in [2.75, 3.05) is 26.7 Å². The second kappa shape index (κ2) is 13.1. The second-order valence-corrected chi connectivity index (χ2v) is 12.1. The van der Waals surface area contributed by atoms with Crippen molar-refractivity contribution in [1.29, 1.82) is 0 Å². The van der Waals surface area contributed by atoms with E-state index in [9.17, 15) is 9.59 Å². The molecule has 3 aromatic carbocycles. The van der Waals surface area contributed by atoms with Crippen molar-refractivity contribution in [3.05, 3.63) is 101 Å². The van der Waals surface area contributed by atoms with E-state index in [1.54, 1.807) is 12.0 Å². The lowest BCUT2D eigenvalue weighted by atomic mass is 9.86. The van der Waals surface area contributed by atoms with Crippen LogP contribution in [0.2, 0.25) is 0 Å². The number of nitrogens with zero attached hydrogens (tertiary/aromatic N) is 2. The molecule has 0 spiro atoms. The lowest BCUT2D eigenvalue weighted by molar-refractivity contribution is -0.132. The van der Waals surface area contributed by atoms with Crippen LogP contribution < -0.4 is 4.74 Å². The summed E-state index contributed by atoms with van der Waals surface area (Å²) in [5.74, 6) is 0.748. The van der Waals surface area contributed by atoms with Crippen molar-refractivity contribution in [2.45, 2.75) is 53.0 Å². The van der Waals surface area contributed by atoms with Crippen LogP contribution in [0.3, 0.4) is 0 Å². The molecule has 216 valence electrons. The van der Waals surface area contributed by atoms with E-state index in [-0.39, 0.29) is 29.7 Å². The molecule has 0 bridgehead atoms. The third kappa shape index (κ3) is 7.57. The minimum atomic E-state index is -0.124. The van der Waals surface area contributed by atoms with E-state index in [4.69, 9.17) is 4.74 Å². The standard InChI is InChI=1S/C35H43N3O3/c1-25(2)22-38(34(40)26-15-17-29(18-16-26)35(3,4)5)24-33(39)37(23-28-11-7-10-14-32(28)41-6)20-19-27-21-36-31-13-9-8-12-30(27)31/h7-18,21,25,36H,19-20,22-24H2,1-6H3. The molecule has 1 N–H and O–H groups in total. The van der Waals surface area contributed by atoms with Crippen molar-refractivity contribution < 1.29 is 14.3 Å². The van der Waals surface area contributed by atoms with Gasteiger partial charge in [0.2, 0.25) is 5.91 Å². The Bertz CT molecular complexity index is 1460. The van der Waals surface area contributed by atoms with Gasteiger partial charge in [0.05, 0.1) is 7.11 Å². The van der Waals surface area contributed by atoms with Gasteiger partial charge in [-0.15, -0.1) is 0 Å². The first-order valence-corrected chi connectivity index (χ1v) is 14.4. The summed E-state index contributed by atoms with van der Waals surface area (Å²) in [6.07, 6.45) is 2.71. The smallest absolute Gasteiger partial charge is 0.254 e. The molecule has 6 heteroatoms. The lowest BCUT2D eigenvalue weighted by Crippen LogP contribution is -2.44. The van der Waals surface area contributed by atoms with Gasteiger partial charge in [-0.3, -0.25) is 9.59 Å². The summed E-state index contributed by atoms with van der Waals surface area (Å²) >= 11 is 0. The van der Waals surface area contributed by atoms with Crippen LogP contribution in [0.15, 0.2) is 79.0 Å². The third-order valence-corrected chi connectivity index (χ3v) is 7.43. The Kier molecular flexibility index (Phi) is 9.53. The zero-order chi connectivity index (χ0) is 29.6. The number of aromatic amines is 1. The minimum Gasteiger partial charge on any atom is -0.496 e. The molecule has 0 aliphatic carbocycles. The molecule has 4 aromatic rings. The SMILES string of the molecule is COc1ccccc1CN(CCc1c[nH]c2ccccc12)C(=O)CN(CC(C)C)C(=O)c1ccc(C(C)(C)C)cc1. The predicted octanol–water partition coefficient (Wildman–Crippen LogP) is 6.84. The van der Waals surface area contributed by atoms with Crippen LogP contribution in [-0.4, -0.2) is 53.3 Å². The fourth-order valence-electron chi connectivity index (χ4n) is 5.14. The van der Waals surface area contributed by atoms with Crippen LogP contribution in [0, 0.1) is 5.92 Å². The molecular weight excluding hydrogens is 510 g/mol. The number of rotatable bonds is 11. The largest absolute Gasteiger partial charge is 0.496 e. The average molecular weight is 554 g/mol. The predicted molar refractivity (Wildman–Crippen MR) is 166 cm³/mol. The summed E-state index contributed by atoms with van der Waals surface area (Å²) in [6, 6.07) is 23.8. The van der Waals surface area contributed by atoms with E-state index < -0.39 is 0 Å². The first-order chi connectivity index (χ1) is 19.6. The summed E-state index contributed by atoms with van der Waals surface area (Å²) < 4.78 is 5.59. The maximum Gasteiger partial charge on any atom is 0.254 e. The molecule has 0 atom stereocenters. The zero-order valence-electron chi connectivity index (χ0n) is 25.2. The Morgan fingerprint density at radius 3 is 2.24 bits per heavy atom. The van der Waals surface area contributed by atoms with E-state index >= 15 is 0 Å². The fourth-order valence-corrected chi connectivity index (χ4v) is 5.14. The number of carbonyl (C=O) groups excluding carboxylic acids is 2. The first kappa shape index (κ1) is 29.9. The highest BCUT2D eigenvalue weighted by Gasteiger charge is 2.25. The van der Waals surface area contributed by atoms with Gasteiger partial charge in [0.1, 0.15) is 12.3 Å². The zero-order valence-corrected chi connectivity index (χ0v) is 25.2. The van der Waals surface area contributed by atoms with Crippen molar-refractivity contribution in [3.63, 3.8) is 0 Å². The molecule has 1 heterocycles. The molecular formula is C35H43N3O3. The number of para-hydroxylation sites is 2.